The molecule has 2 rings (SSSR count). The Kier molecular flexibility index (Phi) is 3.63. The molecule has 2 aromatic carbocycles. The summed E-state index contributed by atoms with van der Waals surface area (Å²) >= 11 is 0. The fourth-order valence-corrected chi connectivity index (χ4v) is 1.72. The van der Waals surface area contributed by atoms with Gasteiger partial charge in [-0.1, -0.05) is 36.4 Å². The molecule has 0 atom stereocenters. The Morgan fingerprint density at radius 3 is 2.56 bits per heavy atom. The van der Waals surface area contributed by atoms with Gasteiger partial charge >= 0.3 is 0 Å². The molecular weight excluding hydrogens is 226 g/mol. The highest BCUT2D eigenvalue weighted by atomic mass is 16.3. The summed E-state index contributed by atoms with van der Waals surface area (Å²) in [5, 5.41) is 12.4. The maximum atomic E-state index is 11.8. The first-order chi connectivity index (χ1) is 8.65. The summed E-state index contributed by atoms with van der Waals surface area (Å²) in [6.07, 6.45) is 0.300. The molecule has 0 aromatic heterocycles. The minimum Gasteiger partial charge on any atom is -0.506 e. The van der Waals surface area contributed by atoms with Gasteiger partial charge in [-0.15, -0.1) is 0 Å². The Hall–Kier alpha value is -2.29. The minimum absolute atomic E-state index is 0.0939. The number of amides is 1. The molecule has 0 aliphatic carbocycles. The number of phenolic OH excluding ortho intramolecular Hbond substituents is 1. The number of benzene rings is 2. The predicted molar refractivity (Wildman–Crippen MR) is 71.6 cm³/mol. The second-order valence-corrected chi connectivity index (χ2v) is 4.23. The molecule has 0 spiro atoms. The Morgan fingerprint density at radius 2 is 1.89 bits per heavy atom. The van der Waals surface area contributed by atoms with E-state index in [-0.39, 0.29) is 11.7 Å². The van der Waals surface area contributed by atoms with Crippen molar-refractivity contribution < 1.29 is 9.90 Å². The standard InChI is InChI=1S/C15H15NO2/c1-11-7-8-13(14(17)9-11)16-15(18)10-12-5-3-2-4-6-12/h2-9,17H,10H2,1H3,(H,16,18). The zero-order chi connectivity index (χ0) is 13.0. The molecule has 3 nitrogen and oxygen atoms in total. The van der Waals surface area contributed by atoms with Gasteiger partial charge in [0.15, 0.2) is 0 Å². The number of carbonyl (C=O) groups excluding carboxylic acids is 1. The quantitative estimate of drug-likeness (QED) is 0.812. The van der Waals surface area contributed by atoms with E-state index in [1.807, 2.05) is 43.3 Å². The summed E-state index contributed by atoms with van der Waals surface area (Å²) in [6, 6.07) is 14.7. The lowest BCUT2D eigenvalue weighted by molar-refractivity contribution is -0.115. The van der Waals surface area contributed by atoms with Crippen LogP contribution in [0.4, 0.5) is 5.69 Å². The van der Waals surface area contributed by atoms with Gasteiger partial charge in [0.1, 0.15) is 5.75 Å². The second-order valence-electron chi connectivity index (χ2n) is 4.23. The van der Waals surface area contributed by atoms with Crippen molar-refractivity contribution in [3.05, 3.63) is 59.7 Å². The van der Waals surface area contributed by atoms with Crippen LogP contribution in [0.2, 0.25) is 0 Å². The molecular formula is C15H15NO2. The van der Waals surface area contributed by atoms with Gasteiger partial charge in [-0.05, 0) is 30.2 Å². The first-order valence-electron chi connectivity index (χ1n) is 5.78. The van der Waals surface area contributed by atoms with Crippen molar-refractivity contribution in [1.29, 1.82) is 0 Å². The van der Waals surface area contributed by atoms with E-state index in [9.17, 15) is 9.90 Å². The maximum Gasteiger partial charge on any atom is 0.228 e. The lowest BCUT2D eigenvalue weighted by atomic mass is 10.1. The number of hydrogen-bond acceptors (Lipinski definition) is 2. The highest BCUT2D eigenvalue weighted by Gasteiger charge is 2.07. The third kappa shape index (κ3) is 3.10. The average Bonchev–Trinajstić information content (AvgIpc) is 2.34. The van der Waals surface area contributed by atoms with Crippen molar-refractivity contribution in [2.75, 3.05) is 5.32 Å². The molecule has 0 radical (unpaired) electrons. The largest absolute Gasteiger partial charge is 0.506 e. The van der Waals surface area contributed by atoms with Crippen LogP contribution in [0.15, 0.2) is 48.5 Å². The van der Waals surface area contributed by atoms with Crippen LogP contribution in [0.5, 0.6) is 5.75 Å². The molecule has 0 saturated heterocycles. The van der Waals surface area contributed by atoms with Crippen molar-refractivity contribution in [1.82, 2.24) is 0 Å². The van der Waals surface area contributed by atoms with Crippen LogP contribution < -0.4 is 5.32 Å². The van der Waals surface area contributed by atoms with Gasteiger partial charge in [-0.3, -0.25) is 4.79 Å². The topological polar surface area (TPSA) is 49.3 Å². The van der Waals surface area contributed by atoms with Gasteiger partial charge < -0.3 is 10.4 Å². The highest BCUT2D eigenvalue weighted by molar-refractivity contribution is 5.93. The van der Waals surface area contributed by atoms with Crippen molar-refractivity contribution in [2.45, 2.75) is 13.3 Å². The fourth-order valence-electron chi connectivity index (χ4n) is 1.72. The summed E-state index contributed by atoms with van der Waals surface area (Å²) in [7, 11) is 0. The van der Waals surface area contributed by atoms with Gasteiger partial charge in [0.25, 0.3) is 0 Å². The molecule has 2 N–H and O–H groups in total. The Balaban J connectivity index is 2.03. The Labute approximate surface area is 106 Å². The molecule has 92 valence electrons. The van der Waals surface area contributed by atoms with Gasteiger partial charge in [-0.25, -0.2) is 0 Å². The Bertz CT molecular complexity index is 550. The van der Waals surface area contributed by atoms with E-state index in [0.29, 0.717) is 12.1 Å². The van der Waals surface area contributed by atoms with E-state index in [0.717, 1.165) is 11.1 Å². The minimum atomic E-state index is -0.139. The van der Waals surface area contributed by atoms with Crippen molar-refractivity contribution in [3.8, 4) is 5.75 Å². The number of anilines is 1. The van der Waals surface area contributed by atoms with Crippen molar-refractivity contribution in [3.63, 3.8) is 0 Å². The number of nitrogens with one attached hydrogen (secondary N) is 1. The summed E-state index contributed by atoms with van der Waals surface area (Å²) in [5.74, 6) is -0.0447. The molecule has 1 amide bonds. The fraction of sp³-hybridized carbons (Fsp3) is 0.133. The molecule has 2 aromatic rings. The van der Waals surface area contributed by atoms with Crippen LogP contribution in [0, 0.1) is 6.92 Å². The summed E-state index contributed by atoms with van der Waals surface area (Å²) in [5.41, 5.74) is 2.34. The average molecular weight is 241 g/mol. The van der Waals surface area contributed by atoms with Gasteiger partial charge in [0.2, 0.25) is 5.91 Å². The first-order valence-corrected chi connectivity index (χ1v) is 5.78. The molecule has 0 saturated carbocycles. The van der Waals surface area contributed by atoms with E-state index >= 15 is 0 Å². The zero-order valence-electron chi connectivity index (χ0n) is 10.2. The third-order valence-corrected chi connectivity index (χ3v) is 2.63. The van der Waals surface area contributed by atoms with Gasteiger partial charge in [0, 0.05) is 0 Å². The number of aryl methyl sites for hydroxylation is 1. The molecule has 0 aliphatic heterocycles. The second kappa shape index (κ2) is 5.36. The normalized spacial score (nSPS) is 10.1. The van der Waals surface area contributed by atoms with E-state index in [2.05, 4.69) is 5.32 Å². The smallest absolute Gasteiger partial charge is 0.228 e. The monoisotopic (exact) mass is 241 g/mol. The molecule has 0 unspecified atom stereocenters. The van der Waals surface area contributed by atoms with Crippen molar-refractivity contribution >= 4 is 11.6 Å². The molecule has 3 heteroatoms. The van der Waals surface area contributed by atoms with Crippen LogP contribution in [0.1, 0.15) is 11.1 Å². The molecule has 18 heavy (non-hydrogen) atoms. The third-order valence-electron chi connectivity index (χ3n) is 2.63. The SMILES string of the molecule is Cc1ccc(NC(=O)Cc2ccccc2)c(O)c1. The van der Waals surface area contributed by atoms with Crippen LogP contribution in [-0.2, 0) is 11.2 Å². The summed E-state index contributed by atoms with van der Waals surface area (Å²) in [4.78, 5) is 11.8. The van der Waals surface area contributed by atoms with Gasteiger partial charge in [-0.2, -0.15) is 0 Å². The van der Waals surface area contributed by atoms with Crippen LogP contribution >= 0.6 is 0 Å². The van der Waals surface area contributed by atoms with E-state index in [4.69, 9.17) is 0 Å². The van der Waals surface area contributed by atoms with Crippen molar-refractivity contribution in [2.24, 2.45) is 0 Å². The Morgan fingerprint density at radius 1 is 1.17 bits per heavy atom. The zero-order valence-corrected chi connectivity index (χ0v) is 10.2. The summed E-state index contributed by atoms with van der Waals surface area (Å²) in [6.45, 7) is 1.88. The maximum absolute atomic E-state index is 11.8. The predicted octanol–water partition coefficient (Wildman–Crippen LogP) is 2.88. The van der Waals surface area contributed by atoms with E-state index in [1.165, 1.54) is 0 Å². The number of aromatic hydroxyl groups is 1. The van der Waals surface area contributed by atoms with Gasteiger partial charge in [0.05, 0.1) is 12.1 Å². The first kappa shape index (κ1) is 12.2. The lowest BCUT2D eigenvalue weighted by Crippen LogP contribution is -2.14. The number of hydrogen-bond donors (Lipinski definition) is 2. The number of carbonyl (C=O) groups is 1. The van der Waals surface area contributed by atoms with Crippen LogP contribution in [-0.4, -0.2) is 11.0 Å². The van der Waals surface area contributed by atoms with Crippen LogP contribution in [0.3, 0.4) is 0 Å². The number of phenols is 1. The number of rotatable bonds is 3. The molecule has 0 fully saturated rings. The van der Waals surface area contributed by atoms with E-state index in [1.54, 1.807) is 12.1 Å². The van der Waals surface area contributed by atoms with Crippen LogP contribution in [0.25, 0.3) is 0 Å². The van der Waals surface area contributed by atoms with E-state index < -0.39 is 0 Å². The molecule has 0 bridgehead atoms. The highest BCUT2D eigenvalue weighted by Crippen LogP contribution is 2.23. The molecule has 0 heterocycles. The summed E-state index contributed by atoms with van der Waals surface area (Å²) < 4.78 is 0. The lowest BCUT2D eigenvalue weighted by Gasteiger charge is -2.08. The molecule has 0 aliphatic rings.